The molecule has 1 aliphatic rings. The average molecular weight is 384 g/mol. The summed E-state index contributed by atoms with van der Waals surface area (Å²) >= 11 is 0. The Labute approximate surface area is 168 Å². The zero-order valence-electron chi connectivity index (χ0n) is 18.1. The lowest BCUT2D eigenvalue weighted by Gasteiger charge is -2.44. The van der Waals surface area contributed by atoms with Crippen molar-refractivity contribution in [1.82, 2.24) is 24.7 Å². The molecular weight excluding hydrogens is 350 g/mol. The summed E-state index contributed by atoms with van der Waals surface area (Å²) in [6, 6.07) is 6.40. The van der Waals surface area contributed by atoms with E-state index in [2.05, 4.69) is 47.7 Å². The van der Waals surface area contributed by atoms with Gasteiger partial charge in [0.2, 0.25) is 0 Å². The van der Waals surface area contributed by atoms with Gasteiger partial charge in [0, 0.05) is 37.3 Å². The molecule has 0 saturated carbocycles. The van der Waals surface area contributed by atoms with E-state index >= 15 is 0 Å². The van der Waals surface area contributed by atoms with Crippen molar-refractivity contribution in [3.8, 4) is 0 Å². The fourth-order valence-electron chi connectivity index (χ4n) is 4.08. The van der Waals surface area contributed by atoms with E-state index in [1.807, 2.05) is 36.9 Å². The Kier molecular flexibility index (Phi) is 6.30. The van der Waals surface area contributed by atoms with E-state index in [1.165, 1.54) is 0 Å². The van der Waals surface area contributed by atoms with Crippen molar-refractivity contribution in [3.05, 3.63) is 35.2 Å². The topological polar surface area (TPSA) is 52.6 Å². The number of benzene rings is 1. The maximum Gasteiger partial charge on any atom is 0.254 e. The van der Waals surface area contributed by atoms with Gasteiger partial charge in [-0.3, -0.25) is 9.69 Å². The lowest BCUT2D eigenvalue weighted by molar-refractivity contribution is 0.0295. The van der Waals surface area contributed by atoms with E-state index < -0.39 is 0 Å². The SMILES string of the molecule is Cc1nc2ccc(C(=O)N3CC(C)N(CCCN(C)C)C(C)C3)cc2nc1C. The molecule has 1 fully saturated rings. The van der Waals surface area contributed by atoms with Crippen molar-refractivity contribution >= 4 is 16.9 Å². The predicted octanol–water partition coefficient (Wildman–Crippen LogP) is 2.73. The highest BCUT2D eigenvalue weighted by Crippen LogP contribution is 2.20. The fourth-order valence-corrected chi connectivity index (χ4v) is 4.08. The van der Waals surface area contributed by atoms with Crippen LogP contribution in [0.5, 0.6) is 0 Å². The first-order valence-electron chi connectivity index (χ1n) is 10.2. The molecule has 1 aromatic heterocycles. The van der Waals surface area contributed by atoms with Crippen molar-refractivity contribution in [1.29, 1.82) is 0 Å². The zero-order valence-corrected chi connectivity index (χ0v) is 18.1. The number of aromatic nitrogens is 2. The number of hydrogen-bond acceptors (Lipinski definition) is 5. The molecule has 1 amide bonds. The second-order valence-corrected chi connectivity index (χ2v) is 8.40. The highest BCUT2D eigenvalue weighted by atomic mass is 16.2. The molecule has 1 aromatic carbocycles. The summed E-state index contributed by atoms with van der Waals surface area (Å²) in [5.74, 6) is 0.0913. The highest BCUT2D eigenvalue weighted by Gasteiger charge is 2.31. The van der Waals surface area contributed by atoms with Crippen LogP contribution in [0.2, 0.25) is 0 Å². The van der Waals surface area contributed by atoms with Gasteiger partial charge < -0.3 is 9.80 Å². The first-order chi connectivity index (χ1) is 13.3. The molecule has 1 saturated heterocycles. The Morgan fingerprint density at radius 3 is 2.29 bits per heavy atom. The van der Waals surface area contributed by atoms with Crippen molar-refractivity contribution < 1.29 is 4.79 Å². The summed E-state index contributed by atoms with van der Waals surface area (Å²) in [6.45, 7) is 12.1. The zero-order chi connectivity index (χ0) is 20.4. The van der Waals surface area contributed by atoms with Crippen molar-refractivity contribution in [2.45, 2.75) is 46.2 Å². The molecule has 0 spiro atoms. The van der Waals surface area contributed by atoms with Gasteiger partial charge in [-0.2, -0.15) is 0 Å². The van der Waals surface area contributed by atoms with Crippen LogP contribution >= 0.6 is 0 Å². The molecule has 28 heavy (non-hydrogen) atoms. The average Bonchev–Trinajstić information content (AvgIpc) is 2.63. The van der Waals surface area contributed by atoms with Crippen LogP contribution < -0.4 is 0 Å². The Hall–Kier alpha value is -2.05. The summed E-state index contributed by atoms with van der Waals surface area (Å²) in [6.07, 6.45) is 1.15. The largest absolute Gasteiger partial charge is 0.336 e. The lowest BCUT2D eigenvalue weighted by Crippen LogP contribution is -2.58. The van der Waals surface area contributed by atoms with E-state index in [0.29, 0.717) is 17.6 Å². The summed E-state index contributed by atoms with van der Waals surface area (Å²) in [5, 5.41) is 0. The van der Waals surface area contributed by atoms with E-state index in [4.69, 9.17) is 0 Å². The molecule has 2 unspecified atom stereocenters. The molecule has 0 aliphatic carbocycles. The van der Waals surface area contributed by atoms with Gasteiger partial charge in [-0.05, 0) is 73.0 Å². The molecule has 2 atom stereocenters. The second-order valence-electron chi connectivity index (χ2n) is 8.40. The molecule has 1 aliphatic heterocycles. The summed E-state index contributed by atoms with van der Waals surface area (Å²) < 4.78 is 0. The van der Waals surface area contributed by atoms with Gasteiger partial charge in [-0.1, -0.05) is 0 Å². The number of amides is 1. The second kappa shape index (κ2) is 8.53. The molecule has 0 bridgehead atoms. The number of piperazine rings is 1. The first kappa shape index (κ1) is 20.7. The smallest absolute Gasteiger partial charge is 0.254 e. The lowest BCUT2D eigenvalue weighted by atomic mass is 10.1. The van der Waals surface area contributed by atoms with Crippen LogP contribution in [0.3, 0.4) is 0 Å². The minimum atomic E-state index is 0.0913. The Balaban J connectivity index is 1.71. The number of aryl methyl sites for hydroxylation is 2. The molecule has 6 heteroatoms. The summed E-state index contributed by atoms with van der Waals surface area (Å²) in [7, 11) is 4.22. The molecule has 2 aromatic rings. The van der Waals surface area contributed by atoms with Gasteiger partial charge in [0.25, 0.3) is 5.91 Å². The molecular formula is C22H33N5O. The van der Waals surface area contributed by atoms with Gasteiger partial charge in [0.15, 0.2) is 0 Å². The fraction of sp³-hybridized carbons (Fsp3) is 0.591. The maximum atomic E-state index is 13.1. The van der Waals surface area contributed by atoms with E-state index in [-0.39, 0.29) is 5.91 Å². The molecule has 3 rings (SSSR count). The summed E-state index contributed by atoms with van der Waals surface area (Å²) in [5.41, 5.74) is 4.17. The monoisotopic (exact) mass is 383 g/mol. The Morgan fingerprint density at radius 1 is 1.07 bits per heavy atom. The summed E-state index contributed by atoms with van der Waals surface area (Å²) in [4.78, 5) is 29.1. The number of carbonyl (C=O) groups is 1. The molecule has 152 valence electrons. The number of carbonyl (C=O) groups excluding carboxylic acids is 1. The minimum absolute atomic E-state index is 0.0913. The van der Waals surface area contributed by atoms with E-state index in [1.54, 1.807) is 0 Å². The Morgan fingerprint density at radius 2 is 1.68 bits per heavy atom. The highest BCUT2D eigenvalue weighted by molar-refractivity contribution is 5.97. The van der Waals surface area contributed by atoms with Crippen molar-refractivity contribution in [3.63, 3.8) is 0 Å². The number of nitrogens with zero attached hydrogens (tertiary/aromatic N) is 5. The van der Waals surface area contributed by atoms with Gasteiger partial charge in [-0.25, -0.2) is 9.97 Å². The number of rotatable bonds is 5. The number of hydrogen-bond donors (Lipinski definition) is 0. The van der Waals surface area contributed by atoms with Gasteiger partial charge in [0.1, 0.15) is 0 Å². The Bertz CT molecular complexity index is 838. The van der Waals surface area contributed by atoms with Crippen LogP contribution in [0.15, 0.2) is 18.2 Å². The molecule has 6 nitrogen and oxygen atoms in total. The van der Waals surface area contributed by atoms with Gasteiger partial charge in [0.05, 0.1) is 22.4 Å². The van der Waals surface area contributed by atoms with Crippen molar-refractivity contribution in [2.75, 3.05) is 40.3 Å². The minimum Gasteiger partial charge on any atom is -0.336 e. The van der Waals surface area contributed by atoms with Crippen LogP contribution in [0.4, 0.5) is 0 Å². The quantitative estimate of drug-likeness (QED) is 0.795. The first-order valence-corrected chi connectivity index (χ1v) is 10.2. The van der Waals surface area contributed by atoms with Crippen molar-refractivity contribution in [2.24, 2.45) is 0 Å². The standard InChI is InChI=1S/C22H33N5O/c1-15-13-26(14-16(2)27(15)11-7-10-25(5)6)22(28)19-8-9-20-21(12-19)24-18(4)17(3)23-20/h8-9,12,15-16H,7,10-11,13-14H2,1-6H3. The van der Waals surface area contributed by atoms with E-state index in [0.717, 1.165) is 55.0 Å². The van der Waals surface area contributed by atoms with Crippen LogP contribution in [-0.2, 0) is 0 Å². The molecule has 2 heterocycles. The van der Waals surface area contributed by atoms with Crippen LogP contribution in [0.1, 0.15) is 42.0 Å². The van der Waals surface area contributed by atoms with Crippen LogP contribution in [0, 0.1) is 13.8 Å². The number of fused-ring (bicyclic) bond motifs is 1. The molecule has 0 radical (unpaired) electrons. The third kappa shape index (κ3) is 4.50. The molecule has 0 N–H and O–H groups in total. The van der Waals surface area contributed by atoms with Gasteiger partial charge >= 0.3 is 0 Å². The van der Waals surface area contributed by atoms with Gasteiger partial charge in [-0.15, -0.1) is 0 Å². The normalized spacial score (nSPS) is 20.9. The maximum absolute atomic E-state index is 13.1. The third-order valence-corrected chi connectivity index (χ3v) is 5.73. The van der Waals surface area contributed by atoms with E-state index in [9.17, 15) is 4.79 Å². The van der Waals surface area contributed by atoms with Crippen LogP contribution in [-0.4, -0.2) is 82.9 Å². The third-order valence-electron chi connectivity index (χ3n) is 5.73. The van der Waals surface area contributed by atoms with Crippen LogP contribution in [0.25, 0.3) is 11.0 Å². The predicted molar refractivity (Wildman–Crippen MR) is 114 cm³/mol.